The molecule has 1 aromatic heterocycles. The Morgan fingerprint density at radius 3 is 2.80 bits per heavy atom. The second-order valence-electron chi connectivity index (χ2n) is 5.51. The number of thioether (sulfide) groups is 1. The van der Waals surface area contributed by atoms with Crippen LogP contribution in [-0.2, 0) is 16.6 Å². The first-order chi connectivity index (χ1) is 9.52. The average Bonchev–Trinajstić information content (AvgIpc) is 3.17. The first kappa shape index (κ1) is 14.4. The zero-order valence-electron chi connectivity index (χ0n) is 11.5. The molecule has 1 unspecified atom stereocenters. The Bertz CT molecular complexity index is 593. The van der Waals surface area contributed by atoms with Gasteiger partial charge in [0.25, 0.3) is 0 Å². The summed E-state index contributed by atoms with van der Waals surface area (Å²) in [6, 6.07) is 2.00. The summed E-state index contributed by atoms with van der Waals surface area (Å²) >= 11 is 1.81. The fourth-order valence-corrected chi connectivity index (χ4v) is 5.42. The van der Waals surface area contributed by atoms with E-state index in [0.717, 1.165) is 18.6 Å². The molecular formula is C13H20N2O3S2. The molecule has 1 saturated heterocycles. The predicted octanol–water partition coefficient (Wildman–Crippen LogP) is 1.44. The van der Waals surface area contributed by atoms with Crippen molar-refractivity contribution in [2.45, 2.75) is 42.6 Å². The lowest BCUT2D eigenvalue weighted by Gasteiger charge is -2.29. The van der Waals surface area contributed by atoms with Gasteiger partial charge in [0, 0.05) is 42.0 Å². The van der Waals surface area contributed by atoms with Gasteiger partial charge in [-0.3, -0.25) is 0 Å². The number of aliphatic hydroxyl groups excluding tert-OH is 1. The molecule has 3 rings (SSSR count). The van der Waals surface area contributed by atoms with Crippen LogP contribution in [0, 0.1) is 0 Å². The Balaban J connectivity index is 1.90. The summed E-state index contributed by atoms with van der Waals surface area (Å²) in [7, 11) is -3.42. The molecule has 1 aromatic rings. The average molecular weight is 316 g/mol. The van der Waals surface area contributed by atoms with Crippen molar-refractivity contribution in [1.82, 2.24) is 8.87 Å². The van der Waals surface area contributed by atoms with Crippen molar-refractivity contribution < 1.29 is 13.5 Å². The fraction of sp³-hybridized carbons (Fsp3) is 0.692. The smallest absolute Gasteiger partial charge is 0.244 e. The summed E-state index contributed by atoms with van der Waals surface area (Å²) in [5.74, 6) is 0.844. The molecule has 7 heteroatoms. The van der Waals surface area contributed by atoms with Gasteiger partial charge in [-0.25, -0.2) is 8.42 Å². The van der Waals surface area contributed by atoms with Crippen LogP contribution in [0.25, 0.3) is 0 Å². The molecule has 0 bridgehead atoms. The van der Waals surface area contributed by atoms with Gasteiger partial charge in [-0.15, -0.1) is 0 Å². The molecule has 1 N–H and O–H groups in total. The third-order valence-electron chi connectivity index (χ3n) is 3.85. The van der Waals surface area contributed by atoms with E-state index in [1.807, 2.05) is 16.3 Å². The van der Waals surface area contributed by atoms with E-state index in [2.05, 4.69) is 6.92 Å². The Kier molecular flexibility index (Phi) is 3.87. The minimum absolute atomic E-state index is 0.113. The highest BCUT2D eigenvalue weighted by atomic mass is 32.2. The first-order valence-corrected chi connectivity index (χ1v) is 9.44. The van der Waals surface area contributed by atoms with Crippen LogP contribution < -0.4 is 0 Å². The molecule has 2 aliphatic rings. The maximum Gasteiger partial charge on any atom is 0.244 e. The fourth-order valence-electron chi connectivity index (χ4n) is 2.61. The molecule has 1 aliphatic carbocycles. The zero-order valence-corrected chi connectivity index (χ0v) is 13.2. The maximum absolute atomic E-state index is 12.7. The molecule has 0 spiro atoms. The first-order valence-electron chi connectivity index (χ1n) is 6.95. The van der Waals surface area contributed by atoms with Gasteiger partial charge in [-0.05, 0) is 18.9 Å². The van der Waals surface area contributed by atoms with E-state index in [0.29, 0.717) is 35.0 Å². The number of aromatic nitrogens is 1. The normalized spacial score (nSPS) is 25.0. The van der Waals surface area contributed by atoms with E-state index in [1.165, 1.54) is 0 Å². The van der Waals surface area contributed by atoms with Crippen LogP contribution >= 0.6 is 11.8 Å². The summed E-state index contributed by atoms with van der Waals surface area (Å²) in [6.45, 7) is 3.08. The Labute approximate surface area is 124 Å². The molecule has 112 valence electrons. The maximum atomic E-state index is 12.7. The van der Waals surface area contributed by atoms with Gasteiger partial charge in [0.15, 0.2) is 0 Å². The van der Waals surface area contributed by atoms with E-state index in [9.17, 15) is 13.5 Å². The molecule has 0 aromatic carbocycles. The van der Waals surface area contributed by atoms with Crippen LogP contribution in [0.15, 0.2) is 17.2 Å². The highest BCUT2D eigenvalue weighted by Crippen LogP contribution is 2.38. The molecular weight excluding hydrogens is 296 g/mol. The molecule has 5 nitrogen and oxygen atoms in total. The molecule has 2 fully saturated rings. The summed E-state index contributed by atoms with van der Waals surface area (Å²) < 4.78 is 28.9. The van der Waals surface area contributed by atoms with Crippen molar-refractivity contribution in [2.24, 2.45) is 0 Å². The summed E-state index contributed by atoms with van der Waals surface area (Å²) in [5, 5.41) is 9.73. The second-order valence-corrected chi connectivity index (χ2v) is 8.99. The number of rotatable bonds is 4. The molecule has 0 radical (unpaired) electrons. The van der Waals surface area contributed by atoms with Crippen LogP contribution in [0.2, 0.25) is 0 Å². The number of sulfonamides is 1. The topological polar surface area (TPSA) is 62.5 Å². The number of nitrogens with zero attached hydrogens (tertiary/aromatic N) is 2. The molecule has 0 amide bonds. The van der Waals surface area contributed by atoms with Crippen LogP contribution in [0.4, 0.5) is 0 Å². The zero-order chi connectivity index (χ0) is 14.3. The van der Waals surface area contributed by atoms with Gasteiger partial charge < -0.3 is 9.67 Å². The lowest BCUT2D eigenvalue weighted by Crippen LogP contribution is -2.40. The molecule has 2 heterocycles. The highest BCUT2D eigenvalue weighted by molar-refractivity contribution is 8.00. The van der Waals surface area contributed by atoms with Crippen LogP contribution in [0.1, 0.15) is 31.5 Å². The van der Waals surface area contributed by atoms with Gasteiger partial charge in [0.1, 0.15) is 4.90 Å². The Hall–Kier alpha value is -0.500. The molecule has 20 heavy (non-hydrogen) atoms. The van der Waals surface area contributed by atoms with Gasteiger partial charge in [0.05, 0.1) is 6.61 Å². The van der Waals surface area contributed by atoms with Crippen LogP contribution in [0.3, 0.4) is 0 Å². The minimum atomic E-state index is -3.42. The number of hydrogen-bond acceptors (Lipinski definition) is 4. The number of aliphatic hydroxyl groups is 1. The minimum Gasteiger partial charge on any atom is -0.390 e. The van der Waals surface area contributed by atoms with Gasteiger partial charge in [-0.2, -0.15) is 16.1 Å². The Morgan fingerprint density at radius 1 is 1.45 bits per heavy atom. The number of hydrogen-bond donors (Lipinski definition) is 1. The lowest BCUT2D eigenvalue weighted by molar-refractivity contribution is 0.270. The standard InChI is InChI=1S/C13H20N2O3S2/c1-10-7-14(4-5-19-10)20(17,18)13-6-12(9-16)15(8-13)11-2-3-11/h6,8,10-11,16H,2-5,7,9H2,1H3. The van der Waals surface area contributed by atoms with Crippen LogP contribution in [-0.4, -0.2) is 46.5 Å². The van der Waals surface area contributed by atoms with Crippen molar-refractivity contribution in [3.8, 4) is 0 Å². The SMILES string of the molecule is CC1CN(S(=O)(=O)c2cc(CO)n(C3CC3)c2)CCS1. The monoisotopic (exact) mass is 316 g/mol. The highest BCUT2D eigenvalue weighted by Gasteiger charge is 2.32. The largest absolute Gasteiger partial charge is 0.390 e. The van der Waals surface area contributed by atoms with Gasteiger partial charge in [0.2, 0.25) is 10.0 Å². The quantitative estimate of drug-likeness (QED) is 0.913. The molecule has 1 atom stereocenters. The molecule has 1 saturated carbocycles. The van der Waals surface area contributed by atoms with Gasteiger partial charge >= 0.3 is 0 Å². The third kappa shape index (κ3) is 2.64. The van der Waals surface area contributed by atoms with Crippen molar-refractivity contribution in [1.29, 1.82) is 0 Å². The van der Waals surface area contributed by atoms with E-state index >= 15 is 0 Å². The van der Waals surface area contributed by atoms with Crippen molar-refractivity contribution in [3.63, 3.8) is 0 Å². The van der Waals surface area contributed by atoms with Crippen LogP contribution in [0.5, 0.6) is 0 Å². The van der Waals surface area contributed by atoms with Crippen molar-refractivity contribution in [3.05, 3.63) is 18.0 Å². The van der Waals surface area contributed by atoms with E-state index < -0.39 is 10.0 Å². The van der Waals surface area contributed by atoms with Gasteiger partial charge in [-0.1, -0.05) is 6.92 Å². The second kappa shape index (κ2) is 5.36. The van der Waals surface area contributed by atoms with Crippen molar-refractivity contribution in [2.75, 3.05) is 18.8 Å². The molecule has 1 aliphatic heterocycles. The van der Waals surface area contributed by atoms with E-state index in [-0.39, 0.29) is 6.61 Å². The third-order valence-corrected chi connectivity index (χ3v) is 6.82. The Morgan fingerprint density at radius 2 is 2.20 bits per heavy atom. The summed E-state index contributed by atoms with van der Waals surface area (Å²) in [6.07, 6.45) is 3.84. The lowest BCUT2D eigenvalue weighted by atomic mass is 10.4. The predicted molar refractivity (Wildman–Crippen MR) is 79.3 cm³/mol. The summed E-state index contributed by atoms with van der Waals surface area (Å²) in [4.78, 5) is 0.326. The summed E-state index contributed by atoms with van der Waals surface area (Å²) in [5.41, 5.74) is 0.700. The van der Waals surface area contributed by atoms with Crippen molar-refractivity contribution >= 4 is 21.8 Å². The van der Waals surface area contributed by atoms with E-state index in [4.69, 9.17) is 0 Å². The van der Waals surface area contributed by atoms with E-state index in [1.54, 1.807) is 16.6 Å².